The molecule has 3 aromatic rings. The topological polar surface area (TPSA) is 103 Å². The second-order valence-electron chi connectivity index (χ2n) is 5.01. The number of nitrogen functional groups attached to an aromatic ring is 1. The van der Waals surface area contributed by atoms with Crippen molar-refractivity contribution in [2.24, 2.45) is 0 Å². The zero-order valence-corrected chi connectivity index (χ0v) is 12.9. The van der Waals surface area contributed by atoms with E-state index in [0.29, 0.717) is 24.7 Å². The van der Waals surface area contributed by atoms with Crippen molar-refractivity contribution in [2.75, 3.05) is 17.6 Å². The molecule has 3 rings (SSSR count). The van der Waals surface area contributed by atoms with Gasteiger partial charge in [0.1, 0.15) is 5.82 Å². The SMILES string of the molecule is CCc1cnc(N)nc1NCCc1noc(-c2ccccc2)n1. The Balaban J connectivity index is 1.62. The van der Waals surface area contributed by atoms with E-state index in [1.54, 1.807) is 6.20 Å². The number of anilines is 2. The monoisotopic (exact) mass is 310 g/mol. The first-order valence-electron chi connectivity index (χ1n) is 7.49. The fourth-order valence-electron chi connectivity index (χ4n) is 2.18. The quantitative estimate of drug-likeness (QED) is 0.720. The second kappa shape index (κ2) is 6.87. The molecular formula is C16H18N6O. The summed E-state index contributed by atoms with van der Waals surface area (Å²) < 4.78 is 5.28. The van der Waals surface area contributed by atoms with E-state index in [4.69, 9.17) is 10.3 Å². The summed E-state index contributed by atoms with van der Waals surface area (Å²) in [6.45, 7) is 2.68. The molecule has 0 aliphatic carbocycles. The number of hydrogen-bond acceptors (Lipinski definition) is 7. The lowest BCUT2D eigenvalue weighted by atomic mass is 10.2. The minimum absolute atomic E-state index is 0.260. The van der Waals surface area contributed by atoms with Crippen molar-refractivity contribution < 1.29 is 4.52 Å². The molecule has 118 valence electrons. The smallest absolute Gasteiger partial charge is 0.257 e. The maximum atomic E-state index is 5.63. The molecule has 0 fully saturated rings. The van der Waals surface area contributed by atoms with Gasteiger partial charge in [0, 0.05) is 30.3 Å². The molecule has 0 amide bonds. The maximum Gasteiger partial charge on any atom is 0.257 e. The van der Waals surface area contributed by atoms with Crippen molar-refractivity contribution >= 4 is 11.8 Å². The predicted molar refractivity (Wildman–Crippen MR) is 87.8 cm³/mol. The number of benzene rings is 1. The first kappa shape index (κ1) is 15.0. The lowest BCUT2D eigenvalue weighted by molar-refractivity contribution is 0.423. The summed E-state index contributed by atoms with van der Waals surface area (Å²) in [5.41, 5.74) is 7.57. The van der Waals surface area contributed by atoms with Crippen molar-refractivity contribution in [2.45, 2.75) is 19.8 Å². The summed E-state index contributed by atoms with van der Waals surface area (Å²) in [7, 11) is 0. The van der Waals surface area contributed by atoms with E-state index in [1.165, 1.54) is 0 Å². The molecule has 0 aliphatic rings. The highest BCUT2D eigenvalue weighted by molar-refractivity contribution is 5.52. The van der Waals surface area contributed by atoms with E-state index >= 15 is 0 Å². The molecule has 0 saturated heterocycles. The Morgan fingerprint density at radius 1 is 1.17 bits per heavy atom. The standard InChI is InChI=1S/C16H18N6O/c1-2-11-10-19-16(17)21-14(11)18-9-8-13-20-15(23-22-13)12-6-4-3-5-7-12/h3-7,10H,2,8-9H2,1H3,(H3,17,18,19,21). The second-order valence-corrected chi connectivity index (χ2v) is 5.01. The third-order valence-electron chi connectivity index (χ3n) is 3.39. The number of nitrogens with two attached hydrogens (primary N) is 1. The maximum absolute atomic E-state index is 5.63. The summed E-state index contributed by atoms with van der Waals surface area (Å²) in [6.07, 6.45) is 3.21. The molecule has 0 atom stereocenters. The third kappa shape index (κ3) is 3.63. The lowest BCUT2D eigenvalue weighted by Crippen LogP contribution is -2.11. The van der Waals surface area contributed by atoms with E-state index in [0.717, 1.165) is 23.4 Å². The number of hydrogen-bond donors (Lipinski definition) is 2. The summed E-state index contributed by atoms with van der Waals surface area (Å²) >= 11 is 0. The molecule has 0 aliphatic heterocycles. The van der Waals surface area contributed by atoms with Crippen molar-refractivity contribution in [3.63, 3.8) is 0 Å². The molecule has 0 bridgehead atoms. The van der Waals surface area contributed by atoms with Gasteiger partial charge in [-0.15, -0.1) is 0 Å². The fraction of sp³-hybridized carbons (Fsp3) is 0.250. The zero-order valence-electron chi connectivity index (χ0n) is 12.9. The van der Waals surface area contributed by atoms with E-state index < -0.39 is 0 Å². The molecule has 3 N–H and O–H groups in total. The Kier molecular flexibility index (Phi) is 4.46. The Hall–Kier alpha value is -2.96. The van der Waals surface area contributed by atoms with Gasteiger partial charge >= 0.3 is 0 Å². The van der Waals surface area contributed by atoms with Gasteiger partial charge in [-0.3, -0.25) is 0 Å². The Morgan fingerprint density at radius 2 is 2.00 bits per heavy atom. The van der Waals surface area contributed by atoms with Crippen LogP contribution in [0.3, 0.4) is 0 Å². The molecule has 7 nitrogen and oxygen atoms in total. The highest BCUT2D eigenvalue weighted by Gasteiger charge is 2.09. The highest BCUT2D eigenvalue weighted by Crippen LogP contribution is 2.17. The van der Waals surface area contributed by atoms with E-state index in [-0.39, 0.29) is 5.95 Å². The first-order chi connectivity index (χ1) is 11.3. The van der Waals surface area contributed by atoms with Crippen LogP contribution in [0.1, 0.15) is 18.3 Å². The van der Waals surface area contributed by atoms with Crippen molar-refractivity contribution in [3.8, 4) is 11.5 Å². The van der Waals surface area contributed by atoms with Gasteiger partial charge in [-0.1, -0.05) is 30.3 Å². The van der Waals surface area contributed by atoms with Crippen LogP contribution in [-0.4, -0.2) is 26.7 Å². The lowest BCUT2D eigenvalue weighted by Gasteiger charge is -2.08. The van der Waals surface area contributed by atoms with Crippen molar-refractivity contribution in [1.29, 1.82) is 0 Å². The van der Waals surface area contributed by atoms with E-state index in [2.05, 4.69) is 25.4 Å². The van der Waals surface area contributed by atoms with Gasteiger partial charge in [-0.05, 0) is 18.6 Å². The molecule has 0 spiro atoms. The first-order valence-corrected chi connectivity index (χ1v) is 7.49. The van der Waals surface area contributed by atoms with Gasteiger partial charge < -0.3 is 15.6 Å². The van der Waals surface area contributed by atoms with Crippen LogP contribution in [-0.2, 0) is 12.8 Å². The molecule has 0 unspecified atom stereocenters. The molecule has 7 heteroatoms. The third-order valence-corrected chi connectivity index (χ3v) is 3.39. The van der Waals surface area contributed by atoms with Crippen LogP contribution >= 0.6 is 0 Å². The highest BCUT2D eigenvalue weighted by atomic mass is 16.5. The van der Waals surface area contributed by atoms with Gasteiger partial charge in [0.25, 0.3) is 5.89 Å². The Labute approximate surface area is 134 Å². The fourth-order valence-corrected chi connectivity index (χ4v) is 2.18. The van der Waals surface area contributed by atoms with Crippen LogP contribution in [0.25, 0.3) is 11.5 Å². The van der Waals surface area contributed by atoms with Crippen LogP contribution in [0.5, 0.6) is 0 Å². The number of aromatic nitrogens is 4. The Morgan fingerprint density at radius 3 is 2.78 bits per heavy atom. The van der Waals surface area contributed by atoms with E-state index in [9.17, 15) is 0 Å². The average Bonchev–Trinajstić information content (AvgIpc) is 3.05. The largest absolute Gasteiger partial charge is 0.369 e. The Bertz CT molecular complexity index is 771. The van der Waals surface area contributed by atoms with E-state index in [1.807, 2.05) is 37.3 Å². The minimum atomic E-state index is 0.260. The molecule has 0 saturated carbocycles. The molecule has 0 radical (unpaired) electrons. The van der Waals surface area contributed by atoms with Crippen LogP contribution < -0.4 is 11.1 Å². The average molecular weight is 310 g/mol. The van der Waals surface area contributed by atoms with Crippen molar-refractivity contribution in [1.82, 2.24) is 20.1 Å². The van der Waals surface area contributed by atoms with Crippen LogP contribution in [0, 0.1) is 0 Å². The normalized spacial score (nSPS) is 10.7. The van der Waals surface area contributed by atoms with Gasteiger partial charge in [0.15, 0.2) is 5.82 Å². The zero-order chi connectivity index (χ0) is 16.1. The van der Waals surface area contributed by atoms with Gasteiger partial charge in [0.05, 0.1) is 0 Å². The summed E-state index contributed by atoms with van der Waals surface area (Å²) in [4.78, 5) is 12.6. The molecular weight excluding hydrogens is 292 g/mol. The molecule has 2 aromatic heterocycles. The predicted octanol–water partition coefficient (Wildman–Crippen LogP) is 2.33. The van der Waals surface area contributed by atoms with Gasteiger partial charge in [-0.25, -0.2) is 4.98 Å². The van der Waals surface area contributed by atoms with Crippen LogP contribution in [0.2, 0.25) is 0 Å². The van der Waals surface area contributed by atoms with Crippen LogP contribution in [0.4, 0.5) is 11.8 Å². The summed E-state index contributed by atoms with van der Waals surface area (Å²) in [5, 5.41) is 7.25. The minimum Gasteiger partial charge on any atom is -0.369 e. The molecule has 1 aromatic carbocycles. The van der Waals surface area contributed by atoms with Gasteiger partial charge in [0.2, 0.25) is 5.95 Å². The molecule has 2 heterocycles. The van der Waals surface area contributed by atoms with Crippen LogP contribution in [0.15, 0.2) is 41.1 Å². The van der Waals surface area contributed by atoms with Gasteiger partial charge in [-0.2, -0.15) is 9.97 Å². The number of nitrogens with one attached hydrogen (secondary N) is 1. The summed E-state index contributed by atoms with van der Waals surface area (Å²) in [6, 6.07) is 9.70. The number of nitrogens with zero attached hydrogens (tertiary/aromatic N) is 4. The number of aryl methyl sites for hydroxylation is 1. The van der Waals surface area contributed by atoms with Crippen molar-refractivity contribution in [3.05, 3.63) is 47.9 Å². The summed E-state index contributed by atoms with van der Waals surface area (Å²) in [5.74, 6) is 2.19. The molecule has 23 heavy (non-hydrogen) atoms. The number of rotatable bonds is 6.